The van der Waals surface area contributed by atoms with Crippen LogP contribution in [-0.2, 0) is 25.5 Å². The minimum atomic E-state index is -0.966. The van der Waals surface area contributed by atoms with E-state index in [-0.39, 0.29) is 37.0 Å². The molecule has 4 aliphatic heterocycles. The van der Waals surface area contributed by atoms with Crippen molar-refractivity contribution in [1.82, 2.24) is 20.0 Å². The number of piperazine rings is 1. The van der Waals surface area contributed by atoms with Crippen molar-refractivity contribution < 1.29 is 33.4 Å². The third-order valence-electron chi connectivity index (χ3n) is 9.77. The highest BCUT2D eigenvalue weighted by atomic mass is 16.6. The zero-order chi connectivity index (χ0) is 32.0. The van der Waals surface area contributed by atoms with Gasteiger partial charge in [0.05, 0.1) is 23.3 Å². The van der Waals surface area contributed by atoms with Crippen LogP contribution in [0.1, 0.15) is 92.5 Å². The van der Waals surface area contributed by atoms with Crippen LogP contribution in [0.2, 0.25) is 0 Å². The lowest BCUT2D eigenvalue weighted by Crippen LogP contribution is -2.56. The van der Waals surface area contributed by atoms with Crippen molar-refractivity contribution in [2.24, 2.45) is 0 Å². The van der Waals surface area contributed by atoms with Crippen molar-refractivity contribution in [3.05, 3.63) is 28.8 Å². The average Bonchev–Trinajstić information content (AvgIpc) is 3.23. The Bertz CT molecular complexity index is 1370. The summed E-state index contributed by atoms with van der Waals surface area (Å²) in [7, 11) is 0. The van der Waals surface area contributed by atoms with Crippen LogP contribution in [0.15, 0.2) is 12.1 Å². The lowest BCUT2D eigenvalue weighted by molar-refractivity contribution is -0.136. The molecule has 1 N–H and O–H groups in total. The zero-order valence-corrected chi connectivity index (χ0v) is 26.8. The number of fused-ring (bicyclic) bond motifs is 1. The predicted octanol–water partition coefficient (Wildman–Crippen LogP) is 2.72. The molecule has 244 valence electrons. The normalized spacial score (nSPS) is 26.6. The molecule has 4 heterocycles. The highest BCUT2D eigenvalue weighted by Crippen LogP contribution is 2.37. The van der Waals surface area contributed by atoms with Gasteiger partial charge in [-0.3, -0.25) is 34.3 Å². The van der Waals surface area contributed by atoms with E-state index in [1.165, 1.54) is 0 Å². The quantitative estimate of drug-likeness (QED) is 0.476. The van der Waals surface area contributed by atoms with Crippen molar-refractivity contribution in [3.8, 4) is 0 Å². The first-order valence-electron chi connectivity index (χ1n) is 16.4. The van der Waals surface area contributed by atoms with E-state index in [0.29, 0.717) is 36.7 Å². The molecule has 1 unspecified atom stereocenters. The van der Waals surface area contributed by atoms with E-state index in [9.17, 15) is 24.0 Å². The first kappa shape index (κ1) is 31.5. The smallest absolute Gasteiger partial charge is 0.410 e. The molecule has 1 saturated carbocycles. The maximum absolute atomic E-state index is 13.6. The van der Waals surface area contributed by atoms with Crippen molar-refractivity contribution >= 4 is 35.4 Å². The van der Waals surface area contributed by atoms with Crippen molar-refractivity contribution in [2.75, 3.05) is 44.2 Å². The van der Waals surface area contributed by atoms with Crippen LogP contribution in [0, 0.1) is 0 Å². The van der Waals surface area contributed by atoms with Crippen LogP contribution < -0.4 is 10.2 Å². The summed E-state index contributed by atoms with van der Waals surface area (Å²) < 4.78 is 11.9. The monoisotopic (exact) mass is 623 g/mol. The minimum absolute atomic E-state index is 0.100. The first-order valence-corrected chi connectivity index (χ1v) is 16.4. The van der Waals surface area contributed by atoms with Gasteiger partial charge >= 0.3 is 6.09 Å². The summed E-state index contributed by atoms with van der Waals surface area (Å²) in [6.07, 6.45) is 4.71. The molecule has 6 rings (SSSR count). The van der Waals surface area contributed by atoms with Crippen LogP contribution in [0.25, 0.3) is 0 Å². The second kappa shape index (κ2) is 12.4. The predicted molar refractivity (Wildman–Crippen MR) is 165 cm³/mol. The molecule has 12 heteroatoms. The van der Waals surface area contributed by atoms with E-state index in [1.54, 1.807) is 11.0 Å². The number of imide groups is 2. The second-order valence-corrected chi connectivity index (χ2v) is 13.9. The first-order chi connectivity index (χ1) is 21.4. The number of ether oxygens (including phenoxy) is 2. The highest BCUT2D eigenvalue weighted by Gasteiger charge is 2.46. The number of likely N-dealkylation sites (tertiary alicyclic amines) is 1. The van der Waals surface area contributed by atoms with E-state index < -0.39 is 29.4 Å². The van der Waals surface area contributed by atoms with E-state index in [1.807, 2.05) is 33.8 Å². The lowest BCUT2D eigenvalue weighted by Gasteiger charge is -2.48. The van der Waals surface area contributed by atoms with Gasteiger partial charge < -0.3 is 19.3 Å². The number of anilines is 1. The zero-order valence-electron chi connectivity index (χ0n) is 26.8. The number of benzene rings is 1. The topological polar surface area (TPSA) is 129 Å². The molecular weight excluding hydrogens is 578 g/mol. The fraction of sp³-hybridized carbons (Fsp3) is 0.667. The maximum Gasteiger partial charge on any atom is 0.410 e. The Morgan fingerprint density at radius 3 is 2.22 bits per heavy atom. The number of rotatable bonds is 6. The highest BCUT2D eigenvalue weighted by molar-refractivity contribution is 6.24. The molecule has 5 amide bonds. The van der Waals surface area contributed by atoms with E-state index in [0.717, 1.165) is 68.0 Å². The number of hydrogen-bond acceptors (Lipinski definition) is 9. The van der Waals surface area contributed by atoms with Gasteiger partial charge in [-0.1, -0.05) is 6.92 Å². The standard InChI is InChI=1S/C33H45N5O7/c1-5-23-25(7-6-24-28(23)31(42)38(30(24)41)26-8-9-27(39)34-29(26)40)36-16-14-35(15-17-36)20-18-22(19-20)44-21-10-12-37(13-11-21)32(43)45-33(2,3)4/h6-7,20-22,26H,5,8-19H2,1-4H3,(H,34,39,40). The van der Waals surface area contributed by atoms with Crippen LogP contribution in [0.3, 0.4) is 0 Å². The number of carbonyl (C=O) groups excluding carboxylic acids is 5. The fourth-order valence-electron chi connectivity index (χ4n) is 7.32. The second-order valence-electron chi connectivity index (χ2n) is 13.9. The number of piperidine rings is 2. The van der Waals surface area contributed by atoms with E-state index in [4.69, 9.17) is 9.47 Å². The van der Waals surface area contributed by atoms with Gasteiger partial charge in [-0.25, -0.2) is 4.79 Å². The summed E-state index contributed by atoms with van der Waals surface area (Å²) >= 11 is 0. The lowest BCUT2D eigenvalue weighted by atomic mass is 9.87. The molecule has 0 bridgehead atoms. The SMILES string of the molecule is CCc1c(N2CCN(C3CC(OC4CCN(C(=O)OC(C)(C)C)CC4)C3)CC2)ccc2c1C(=O)N(C1CCC(=O)NC1=O)C2=O. The van der Waals surface area contributed by atoms with Gasteiger partial charge in [-0.2, -0.15) is 0 Å². The molecule has 12 nitrogen and oxygen atoms in total. The van der Waals surface area contributed by atoms with Crippen molar-refractivity contribution in [3.63, 3.8) is 0 Å². The van der Waals surface area contributed by atoms with Gasteiger partial charge in [0.15, 0.2) is 0 Å². The third-order valence-corrected chi connectivity index (χ3v) is 9.77. The molecule has 1 aromatic rings. The number of carbonyl (C=O) groups is 5. The Morgan fingerprint density at radius 2 is 1.60 bits per heavy atom. The number of hydrogen-bond donors (Lipinski definition) is 1. The van der Waals surface area contributed by atoms with E-state index >= 15 is 0 Å². The summed E-state index contributed by atoms with van der Waals surface area (Å²) in [5.74, 6) is -1.89. The fourth-order valence-corrected chi connectivity index (χ4v) is 7.32. The minimum Gasteiger partial charge on any atom is -0.444 e. The molecule has 0 spiro atoms. The number of nitrogens with one attached hydrogen (secondary N) is 1. The summed E-state index contributed by atoms with van der Waals surface area (Å²) in [6.45, 7) is 12.4. The summed E-state index contributed by atoms with van der Waals surface area (Å²) in [6, 6.07) is 3.18. The Balaban J connectivity index is 0.998. The molecule has 0 aromatic heterocycles. The van der Waals surface area contributed by atoms with Gasteiger partial charge in [-0.15, -0.1) is 0 Å². The Morgan fingerprint density at radius 1 is 0.911 bits per heavy atom. The van der Waals surface area contributed by atoms with Crippen LogP contribution in [-0.4, -0.2) is 114 Å². The molecule has 1 aromatic carbocycles. The van der Waals surface area contributed by atoms with Gasteiger partial charge in [0.2, 0.25) is 11.8 Å². The Hall–Kier alpha value is -3.51. The van der Waals surface area contributed by atoms with E-state index in [2.05, 4.69) is 15.1 Å². The van der Waals surface area contributed by atoms with Crippen LogP contribution >= 0.6 is 0 Å². The average molecular weight is 624 g/mol. The molecule has 1 atom stereocenters. The third kappa shape index (κ3) is 6.31. The van der Waals surface area contributed by atoms with Gasteiger partial charge in [0.1, 0.15) is 11.6 Å². The molecular formula is C33H45N5O7. The van der Waals surface area contributed by atoms with Crippen molar-refractivity contribution in [1.29, 1.82) is 0 Å². The van der Waals surface area contributed by atoms with Crippen molar-refractivity contribution in [2.45, 2.75) is 103 Å². The summed E-state index contributed by atoms with van der Waals surface area (Å²) in [4.78, 5) is 71.0. The number of nitrogens with zero attached hydrogens (tertiary/aromatic N) is 4. The van der Waals surface area contributed by atoms with Gasteiger partial charge in [0, 0.05) is 57.4 Å². The van der Waals surface area contributed by atoms with Gasteiger partial charge in [-0.05, 0) is 77.0 Å². The van der Waals surface area contributed by atoms with Crippen LogP contribution in [0.4, 0.5) is 10.5 Å². The largest absolute Gasteiger partial charge is 0.444 e. The molecule has 45 heavy (non-hydrogen) atoms. The molecule has 1 aliphatic carbocycles. The van der Waals surface area contributed by atoms with Gasteiger partial charge in [0.25, 0.3) is 11.8 Å². The summed E-state index contributed by atoms with van der Waals surface area (Å²) in [5, 5.41) is 2.26. The summed E-state index contributed by atoms with van der Waals surface area (Å²) in [5.41, 5.74) is 2.04. The molecule has 4 fully saturated rings. The maximum atomic E-state index is 13.6. The molecule has 0 radical (unpaired) electrons. The Labute approximate surface area is 264 Å². The molecule has 3 saturated heterocycles. The molecule has 5 aliphatic rings. The Kier molecular flexibility index (Phi) is 8.64. The van der Waals surface area contributed by atoms with Crippen LogP contribution in [0.5, 0.6) is 0 Å². The number of amides is 5.